The first-order chi connectivity index (χ1) is 12.2. The highest BCUT2D eigenvalue weighted by atomic mass is 79.9. The minimum absolute atomic E-state index is 0.200. The number of halogens is 2. The van der Waals surface area contributed by atoms with Crippen LogP contribution in [0, 0.1) is 13.8 Å². The number of hydrogen-bond acceptors (Lipinski definition) is 4. The molecule has 138 valence electrons. The van der Waals surface area contributed by atoms with E-state index in [0.717, 1.165) is 33.7 Å². The molecule has 2 aromatic carbocycles. The van der Waals surface area contributed by atoms with Crippen LogP contribution in [0.25, 0.3) is 0 Å². The van der Waals surface area contributed by atoms with Gasteiger partial charge >= 0.3 is 0 Å². The number of hydrogen-bond donors (Lipinski definition) is 2. The van der Waals surface area contributed by atoms with Crippen molar-refractivity contribution in [3.8, 4) is 11.5 Å². The van der Waals surface area contributed by atoms with Crippen LogP contribution in [0.2, 0.25) is 0 Å². The van der Waals surface area contributed by atoms with Gasteiger partial charge in [0, 0.05) is 22.6 Å². The molecule has 6 heteroatoms. The van der Waals surface area contributed by atoms with E-state index < -0.39 is 0 Å². The molecule has 0 aromatic heterocycles. The first kappa shape index (κ1) is 20.6. The van der Waals surface area contributed by atoms with Crippen LogP contribution in [0.1, 0.15) is 36.1 Å². The van der Waals surface area contributed by atoms with Crippen molar-refractivity contribution in [1.82, 2.24) is 0 Å². The molecule has 26 heavy (non-hydrogen) atoms. The second-order valence-electron chi connectivity index (χ2n) is 6.22. The maximum absolute atomic E-state index is 10.2. The highest BCUT2D eigenvalue weighted by Crippen LogP contribution is 2.30. The van der Waals surface area contributed by atoms with Gasteiger partial charge in [-0.25, -0.2) is 0 Å². The van der Waals surface area contributed by atoms with E-state index in [1.54, 1.807) is 0 Å². The highest BCUT2D eigenvalue weighted by molar-refractivity contribution is 9.10. The lowest BCUT2D eigenvalue weighted by Crippen LogP contribution is -2.02. The molecule has 0 aliphatic heterocycles. The third-order valence-electron chi connectivity index (χ3n) is 3.99. The zero-order valence-corrected chi connectivity index (χ0v) is 18.4. The number of benzene rings is 2. The summed E-state index contributed by atoms with van der Waals surface area (Å²) in [5, 5.41) is 20.4. The van der Waals surface area contributed by atoms with Gasteiger partial charge in [0.05, 0.1) is 22.0 Å². The molecule has 0 heterocycles. The van der Waals surface area contributed by atoms with Crippen LogP contribution >= 0.6 is 31.9 Å². The predicted molar refractivity (Wildman–Crippen MR) is 115 cm³/mol. The normalized spacial score (nSPS) is 12.5. The van der Waals surface area contributed by atoms with E-state index in [9.17, 15) is 10.2 Å². The number of aliphatic imine (C=N–C) groups is 2. The maximum atomic E-state index is 10.2. The molecular formula is C20H22Br2N2O2. The molecule has 4 nitrogen and oxygen atoms in total. The van der Waals surface area contributed by atoms with Gasteiger partial charge in [-0.2, -0.15) is 0 Å². The first-order valence-corrected chi connectivity index (χ1v) is 9.80. The van der Waals surface area contributed by atoms with E-state index in [1.807, 2.05) is 52.0 Å². The molecule has 0 amide bonds. The molecule has 0 fully saturated rings. The lowest BCUT2D eigenvalue weighted by atomic mass is 10.1. The van der Waals surface area contributed by atoms with E-state index in [4.69, 9.17) is 0 Å². The van der Waals surface area contributed by atoms with Gasteiger partial charge in [-0.05, 0) is 94.9 Å². The SMILES string of the molecule is CC(=NCCN=C(C)c1cc(C)cc(Br)c1O)c1cc(C)cc(Br)c1O. The number of phenols is 2. The van der Waals surface area contributed by atoms with Crippen LogP contribution in [-0.2, 0) is 0 Å². The van der Waals surface area contributed by atoms with E-state index in [0.29, 0.717) is 22.0 Å². The largest absolute Gasteiger partial charge is 0.506 e. The summed E-state index contributed by atoms with van der Waals surface area (Å²) in [5.74, 6) is 0.400. The summed E-state index contributed by atoms with van der Waals surface area (Å²) in [6.45, 7) is 8.70. The second kappa shape index (κ2) is 8.82. The number of aryl methyl sites for hydroxylation is 2. The molecule has 0 spiro atoms. The Morgan fingerprint density at radius 1 is 0.769 bits per heavy atom. The summed E-state index contributed by atoms with van der Waals surface area (Å²) in [5.41, 5.74) is 5.07. The molecular weight excluding hydrogens is 460 g/mol. The minimum Gasteiger partial charge on any atom is -0.506 e. The fourth-order valence-corrected chi connectivity index (χ4v) is 3.78. The van der Waals surface area contributed by atoms with Crippen molar-refractivity contribution in [2.45, 2.75) is 27.7 Å². The van der Waals surface area contributed by atoms with Crippen molar-refractivity contribution in [3.63, 3.8) is 0 Å². The van der Waals surface area contributed by atoms with Gasteiger partial charge in [0.1, 0.15) is 11.5 Å². The van der Waals surface area contributed by atoms with Crippen molar-refractivity contribution in [3.05, 3.63) is 55.5 Å². The third-order valence-corrected chi connectivity index (χ3v) is 5.20. The maximum Gasteiger partial charge on any atom is 0.138 e. The Kier molecular flexibility index (Phi) is 7.01. The molecule has 0 radical (unpaired) electrons. The van der Waals surface area contributed by atoms with Crippen molar-refractivity contribution >= 4 is 43.3 Å². The van der Waals surface area contributed by atoms with Crippen molar-refractivity contribution in [2.75, 3.05) is 13.1 Å². The summed E-state index contributed by atoms with van der Waals surface area (Å²) >= 11 is 6.71. The summed E-state index contributed by atoms with van der Waals surface area (Å²) in [7, 11) is 0. The van der Waals surface area contributed by atoms with E-state index in [-0.39, 0.29) is 11.5 Å². The van der Waals surface area contributed by atoms with Crippen molar-refractivity contribution < 1.29 is 10.2 Å². The zero-order chi connectivity index (χ0) is 19.4. The van der Waals surface area contributed by atoms with Gasteiger partial charge in [0.15, 0.2) is 0 Å². The van der Waals surface area contributed by atoms with Gasteiger partial charge in [-0.1, -0.05) is 0 Å². The fourth-order valence-electron chi connectivity index (χ4n) is 2.63. The molecule has 2 rings (SSSR count). The van der Waals surface area contributed by atoms with Gasteiger partial charge in [-0.3, -0.25) is 9.98 Å². The van der Waals surface area contributed by atoms with Crippen LogP contribution in [-0.4, -0.2) is 34.7 Å². The lowest BCUT2D eigenvalue weighted by molar-refractivity contribution is 0.470. The first-order valence-electron chi connectivity index (χ1n) is 8.21. The Bertz CT molecular complexity index is 816. The Balaban J connectivity index is 2.12. The van der Waals surface area contributed by atoms with E-state index in [1.165, 1.54) is 0 Å². The smallest absolute Gasteiger partial charge is 0.138 e. The monoisotopic (exact) mass is 480 g/mol. The van der Waals surface area contributed by atoms with Gasteiger partial charge < -0.3 is 10.2 Å². The molecule has 0 atom stereocenters. The summed E-state index contributed by atoms with van der Waals surface area (Å²) in [6, 6.07) is 7.56. The molecule has 0 saturated heterocycles. The average molecular weight is 482 g/mol. The Morgan fingerprint density at radius 3 is 1.46 bits per heavy atom. The topological polar surface area (TPSA) is 65.2 Å². The second-order valence-corrected chi connectivity index (χ2v) is 7.93. The van der Waals surface area contributed by atoms with Crippen LogP contribution in [0.4, 0.5) is 0 Å². The fraction of sp³-hybridized carbons (Fsp3) is 0.300. The quantitative estimate of drug-likeness (QED) is 0.433. The molecule has 0 aliphatic rings. The summed E-state index contributed by atoms with van der Waals surface area (Å²) in [6.07, 6.45) is 0. The number of rotatable bonds is 5. The predicted octanol–water partition coefficient (Wildman–Crippen LogP) is 5.56. The highest BCUT2D eigenvalue weighted by Gasteiger charge is 2.10. The number of nitrogens with zero attached hydrogens (tertiary/aromatic N) is 2. The summed E-state index contributed by atoms with van der Waals surface area (Å²) in [4.78, 5) is 9.04. The number of phenolic OH excluding ortho intramolecular Hbond substituents is 2. The standard InChI is InChI=1S/C20H22Br2N2O2/c1-11-7-15(19(25)17(21)9-11)13(3)23-5-6-24-14(4)16-8-12(2)10-18(22)20(16)26/h7-10,25-26H,5-6H2,1-4H3. The number of aromatic hydroxyl groups is 2. The summed E-state index contributed by atoms with van der Waals surface area (Å²) < 4.78 is 1.33. The average Bonchev–Trinajstić information content (AvgIpc) is 2.57. The Morgan fingerprint density at radius 2 is 1.12 bits per heavy atom. The third kappa shape index (κ3) is 4.95. The Labute approximate surface area is 171 Å². The molecule has 0 aliphatic carbocycles. The molecule has 0 unspecified atom stereocenters. The van der Waals surface area contributed by atoms with Crippen LogP contribution < -0.4 is 0 Å². The van der Waals surface area contributed by atoms with Crippen LogP contribution in [0.3, 0.4) is 0 Å². The van der Waals surface area contributed by atoms with Crippen molar-refractivity contribution in [2.24, 2.45) is 9.98 Å². The van der Waals surface area contributed by atoms with Crippen LogP contribution in [0.15, 0.2) is 43.2 Å². The van der Waals surface area contributed by atoms with Gasteiger partial charge in [0.25, 0.3) is 0 Å². The molecule has 0 bridgehead atoms. The Hall–Kier alpha value is -1.66. The van der Waals surface area contributed by atoms with Crippen LogP contribution in [0.5, 0.6) is 11.5 Å². The van der Waals surface area contributed by atoms with E-state index in [2.05, 4.69) is 41.8 Å². The van der Waals surface area contributed by atoms with Gasteiger partial charge in [0.2, 0.25) is 0 Å². The lowest BCUT2D eigenvalue weighted by Gasteiger charge is -2.09. The molecule has 2 aromatic rings. The van der Waals surface area contributed by atoms with Gasteiger partial charge in [-0.15, -0.1) is 0 Å². The minimum atomic E-state index is 0.200. The zero-order valence-electron chi connectivity index (χ0n) is 15.3. The van der Waals surface area contributed by atoms with E-state index >= 15 is 0 Å². The molecule has 2 N–H and O–H groups in total. The molecule has 0 saturated carbocycles. The van der Waals surface area contributed by atoms with Crippen molar-refractivity contribution in [1.29, 1.82) is 0 Å².